The SMILES string of the molecule is COc1cc(O)c2c(c1)O[C@H](c1ccc(OC)c(O)c1)[C@@H](O)C2. The van der Waals surface area contributed by atoms with Crippen LogP contribution in [0.15, 0.2) is 30.3 Å². The van der Waals surface area contributed by atoms with Gasteiger partial charge in [-0.15, -0.1) is 0 Å². The number of ether oxygens (including phenoxy) is 3. The molecule has 0 unspecified atom stereocenters. The Morgan fingerprint density at radius 1 is 1.04 bits per heavy atom. The van der Waals surface area contributed by atoms with Gasteiger partial charge in [-0.3, -0.25) is 0 Å². The van der Waals surface area contributed by atoms with Gasteiger partial charge in [0.05, 0.1) is 20.3 Å². The van der Waals surface area contributed by atoms with Crippen LogP contribution in [0.5, 0.6) is 28.7 Å². The summed E-state index contributed by atoms with van der Waals surface area (Å²) in [6.07, 6.45) is -1.27. The van der Waals surface area contributed by atoms with E-state index in [1.165, 1.54) is 26.4 Å². The summed E-state index contributed by atoms with van der Waals surface area (Å²) in [4.78, 5) is 0. The summed E-state index contributed by atoms with van der Waals surface area (Å²) in [5.74, 6) is 1.26. The molecular formula is C17H18O6. The molecule has 1 aliphatic heterocycles. The number of aliphatic hydroxyl groups is 1. The molecule has 3 N–H and O–H groups in total. The van der Waals surface area contributed by atoms with Gasteiger partial charge in [-0.2, -0.15) is 0 Å². The van der Waals surface area contributed by atoms with Gasteiger partial charge < -0.3 is 29.5 Å². The van der Waals surface area contributed by atoms with Gasteiger partial charge in [0.15, 0.2) is 11.5 Å². The quantitative estimate of drug-likeness (QED) is 0.804. The predicted octanol–water partition coefficient (Wildman–Crippen LogP) is 2.15. The highest BCUT2D eigenvalue weighted by atomic mass is 16.5. The molecule has 2 aromatic carbocycles. The third kappa shape index (κ3) is 2.73. The van der Waals surface area contributed by atoms with Gasteiger partial charge in [0.2, 0.25) is 0 Å². The van der Waals surface area contributed by atoms with E-state index in [2.05, 4.69) is 0 Å². The van der Waals surface area contributed by atoms with Crippen molar-refractivity contribution in [1.82, 2.24) is 0 Å². The van der Waals surface area contributed by atoms with E-state index in [-0.39, 0.29) is 17.9 Å². The molecule has 0 saturated heterocycles. The van der Waals surface area contributed by atoms with Crippen LogP contribution in [0.4, 0.5) is 0 Å². The molecule has 23 heavy (non-hydrogen) atoms. The van der Waals surface area contributed by atoms with Gasteiger partial charge in [0.25, 0.3) is 0 Å². The number of benzene rings is 2. The number of hydrogen-bond acceptors (Lipinski definition) is 6. The van der Waals surface area contributed by atoms with Crippen molar-refractivity contribution in [2.24, 2.45) is 0 Å². The number of phenols is 2. The average molecular weight is 318 g/mol. The van der Waals surface area contributed by atoms with Crippen molar-refractivity contribution >= 4 is 0 Å². The van der Waals surface area contributed by atoms with E-state index < -0.39 is 12.2 Å². The van der Waals surface area contributed by atoms with Crippen LogP contribution in [0.25, 0.3) is 0 Å². The van der Waals surface area contributed by atoms with Gasteiger partial charge in [0.1, 0.15) is 23.4 Å². The Morgan fingerprint density at radius 3 is 2.48 bits per heavy atom. The highest BCUT2D eigenvalue weighted by Crippen LogP contribution is 2.43. The molecule has 3 rings (SSSR count). The molecule has 0 bridgehead atoms. The van der Waals surface area contributed by atoms with Crippen LogP contribution in [0.2, 0.25) is 0 Å². The van der Waals surface area contributed by atoms with Crippen molar-refractivity contribution in [2.45, 2.75) is 18.6 Å². The molecule has 0 saturated carbocycles. The lowest BCUT2D eigenvalue weighted by molar-refractivity contribution is 0.0197. The number of phenolic OH excluding ortho intramolecular Hbond substituents is 2. The molecule has 6 heteroatoms. The summed E-state index contributed by atoms with van der Waals surface area (Å²) in [5.41, 5.74) is 1.15. The topological polar surface area (TPSA) is 88.4 Å². The van der Waals surface area contributed by atoms with E-state index in [0.29, 0.717) is 28.4 Å². The first kappa shape index (κ1) is 15.3. The first-order valence-corrected chi connectivity index (χ1v) is 7.15. The molecule has 0 aromatic heterocycles. The Balaban J connectivity index is 1.97. The summed E-state index contributed by atoms with van der Waals surface area (Å²) in [6.45, 7) is 0. The highest BCUT2D eigenvalue weighted by molar-refractivity contribution is 5.52. The maximum Gasteiger partial charge on any atom is 0.160 e. The fraction of sp³-hybridized carbons (Fsp3) is 0.294. The molecule has 1 heterocycles. The van der Waals surface area contributed by atoms with Crippen LogP contribution >= 0.6 is 0 Å². The fourth-order valence-corrected chi connectivity index (χ4v) is 2.74. The third-order valence-electron chi connectivity index (χ3n) is 3.94. The number of hydrogen-bond donors (Lipinski definition) is 3. The zero-order chi connectivity index (χ0) is 16.6. The fourth-order valence-electron chi connectivity index (χ4n) is 2.74. The highest BCUT2D eigenvalue weighted by Gasteiger charge is 2.32. The van der Waals surface area contributed by atoms with Gasteiger partial charge in [-0.05, 0) is 17.7 Å². The van der Waals surface area contributed by atoms with Crippen molar-refractivity contribution < 1.29 is 29.5 Å². The lowest BCUT2D eigenvalue weighted by Gasteiger charge is -2.31. The van der Waals surface area contributed by atoms with Gasteiger partial charge in [-0.1, -0.05) is 6.07 Å². The largest absolute Gasteiger partial charge is 0.507 e. The number of methoxy groups -OCH3 is 2. The van der Waals surface area contributed by atoms with E-state index in [0.717, 1.165) is 0 Å². The standard InChI is InChI=1S/C17H18O6/c1-21-10-6-12(18)11-8-14(20)17(23-16(11)7-10)9-3-4-15(22-2)13(19)5-9/h3-7,14,17-20H,8H2,1-2H3/t14-,17+/m0/s1. The number of rotatable bonds is 3. The van der Waals surface area contributed by atoms with Crippen LogP contribution in [0, 0.1) is 0 Å². The molecule has 0 radical (unpaired) electrons. The zero-order valence-corrected chi connectivity index (χ0v) is 12.8. The Morgan fingerprint density at radius 2 is 1.83 bits per heavy atom. The lowest BCUT2D eigenvalue weighted by Crippen LogP contribution is -2.30. The minimum Gasteiger partial charge on any atom is -0.507 e. The number of aromatic hydroxyl groups is 2. The van der Waals surface area contributed by atoms with Crippen molar-refractivity contribution in [3.8, 4) is 28.7 Å². The molecule has 2 aromatic rings. The van der Waals surface area contributed by atoms with Gasteiger partial charge in [-0.25, -0.2) is 0 Å². The Labute approximate surface area is 133 Å². The second kappa shape index (κ2) is 5.89. The third-order valence-corrected chi connectivity index (χ3v) is 3.94. The predicted molar refractivity (Wildman–Crippen MR) is 82.4 cm³/mol. The van der Waals surface area contributed by atoms with Crippen LogP contribution in [-0.2, 0) is 6.42 Å². The minimum absolute atomic E-state index is 0.0226. The van der Waals surface area contributed by atoms with Crippen LogP contribution in [-0.4, -0.2) is 35.6 Å². The van der Waals surface area contributed by atoms with Crippen LogP contribution in [0.3, 0.4) is 0 Å². The summed E-state index contributed by atoms with van der Waals surface area (Å²) >= 11 is 0. The number of fused-ring (bicyclic) bond motifs is 1. The summed E-state index contributed by atoms with van der Waals surface area (Å²) < 4.78 is 16.0. The molecule has 1 aliphatic rings. The smallest absolute Gasteiger partial charge is 0.160 e. The van der Waals surface area contributed by atoms with Crippen molar-refractivity contribution in [3.05, 3.63) is 41.5 Å². The Bertz CT molecular complexity index is 727. The van der Waals surface area contributed by atoms with Crippen molar-refractivity contribution in [1.29, 1.82) is 0 Å². The molecule has 0 aliphatic carbocycles. The van der Waals surface area contributed by atoms with Crippen LogP contribution < -0.4 is 14.2 Å². The molecule has 0 amide bonds. The molecule has 6 nitrogen and oxygen atoms in total. The molecule has 0 spiro atoms. The summed E-state index contributed by atoms with van der Waals surface area (Å²) in [6, 6.07) is 7.97. The summed E-state index contributed by atoms with van der Waals surface area (Å²) in [7, 11) is 2.96. The second-order valence-corrected chi connectivity index (χ2v) is 5.36. The van der Waals surface area contributed by atoms with E-state index in [9.17, 15) is 15.3 Å². The molecule has 2 atom stereocenters. The van der Waals surface area contributed by atoms with Gasteiger partial charge in [0, 0.05) is 24.1 Å². The van der Waals surface area contributed by atoms with Crippen molar-refractivity contribution in [2.75, 3.05) is 14.2 Å². The maximum absolute atomic E-state index is 10.4. The number of aliphatic hydroxyl groups excluding tert-OH is 1. The Hall–Kier alpha value is -2.60. The minimum atomic E-state index is -0.852. The van der Waals surface area contributed by atoms with E-state index >= 15 is 0 Å². The zero-order valence-electron chi connectivity index (χ0n) is 12.8. The monoisotopic (exact) mass is 318 g/mol. The van der Waals surface area contributed by atoms with Crippen LogP contribution in [0.1, 0.15) is 17.2 Å². The second-order valence-electron chi connectivity index (χ2n) is 5.36. The normalized spacial score (nSPS) is 19.6. The summed E-state index contributed by atoms with van der Waals surface area (Å²) in [5, 5.41) is 30.3. The lowest BCUT2D eigenvalue weighted by atomic mass is 9.94. The van der Waals surface area contributed by atoms with Gasteiger partial charge >= 0.3 is 0 Å². The average Bonchev–Trinajstić information content (AvgIpc) is 2.54. The molecule has 122 valence electrons. The molecule has 0 fully saturated rings. The van der Waals surface area contributed by atoms with E-state index in [1.54, 1.807) is 18.2 Å². The first-order chi connectivity index (χ1) is 11.0. The first-order valence-electron chi connectivity index (χ1n) is 7.15. The molecular weight excluding hydrogens is 300 g/mol. The van der Waals surface area contributed by atoms with E-state index in [4.69, 9.17) is 14.2 Å². The van der Waals surface area contributed by atoms with Crippen molar-refractivity contribution in [3.63, 3.8) is 0 Å². The van der Waals surface area contributed by atoms with E-state index in [1.807, 2.05) is 0 Å². The Kier molecular flexibility index (Phi) is 3.92. The maximum atomic E-state index is 10.4.